The first-order valence-electron chi connectivity index (χ1n) is 10.1. The van der Waals surface area contributed by atoms with E-state index < -0.39 is 0 Å². The fourth-order valence-electron chi connectivity index (χ4n) is 3.18. The summed E-state index contributed by atoms with van der Waals surface area (Å²) in [5.41, 5.74) is 3.40. The number of nitrogens with one attached hydrogen (secondary N) is 1. The predicted molar refractivity (Wildman–Crippen MR) is 123 cm³/mol. The lowest BCUT2D eigenvalue weighted by Crippen LogP contribution is -2.27. The molecule has 1 N–H and O–H groups in total. The van der Waals surface area contributed by atoms with Crippen LogP contribution in [0.2, 0.25) is 0 Å². The lowest BCUT2D eigenvalue weighted by molar-refractivity contribution is -0.118. The zero-order valence-corrected chi connectivity index (χ0v) is 18.6. The zero-order valence-electron chi connectivity index (χ0n) is 17.8. The highest BCUT2D eigenvalue weighted by Gasteiger charge is 2.13. The molecule has 0 fully saturated rings. The van der Waals surface area contributed by atoms with Crippen molar-refractivity contribution >= 4 is 23.3 Å². The second kappa shape index (κ2) is 10.1. The smallest absolute Gasteiger partial charge is 0.230 e. The monoisotopic (exact) mass is 449 g/mol. The van der Waals surface area contributed by atoms with Gasteiger partial charge in [0.05, 0.1) is 25.7 Å². The molecule has 9 heteroatoms. The number of methoxy groups -OCH3 is 2. The van der Waals surface area contributed by atoms with E-state index in [0.717, 1.165) is 17.7 Å². The van der Waals surface area contributed by atoms with Crippen molar-refractivity contribution in [3.8, 4) is 22.8 Å². The van der Waals surface area contributed by atoms with Crippen LogP contribution in [0.1, 0.15) is 5.56 Å². The van der Waals surface area contributed by atoms with Crippen LogP contribution in [0.5, 0.6) is 11.5 Å². The molecular formula is C23H23N5O3S. The van der Waals surface area contributed by atoms with Crippen molar-refractivity contribution in [2.45, 2.75) is 11.6 Å². The van der Waals surface area contributed by atoms with Crippen molar-refractivity contribution in [3.63, 3.8) is 0 Å². The number of benzene rings is 2. The molecule has 0 unspecified atom stereocenters. The van der Waals surface area contributed by atoms with Crippen molar-refractivity contribution < 1.29 is 14.3 Å². The molecule has 0 spiro atoms. The highest BCUT2D eigenvalue weighted by Crippen LogP contribution is 2.31. The van der Waals surface area contributed by atoms with E-state index in [1.165, 1.54) is 17.3 Å². The second-order valence-corrected chi connectivity index (χ2v) is 7.86. The first-order chi connectivity index (χ1) is 15.7. The molecule has 0 radical (unpaired) electrons. The Labute approximate surface area is 190 Å². The quantitative estimate of drug-likeness (QED) is 0.392. The summed E-state index contributed by atoms with van der Waals surface area (Å²) in [5, 5.41) is 16.5. The highest BCUT2D eigenvalue weighted by molar-refractivity contribution is 7.99. The van der Waals surface area contributed by atoms with Crippen LogP contribution in [0.15, 0.2) is 65.8 Å². The molecule has 2 aromatic heterocycles. The normalized spacial score (nSPS) is 10.8. The Bertz CT molecular complexity index is 1210. The number of thioether (sulfide) groups is 1. The Morgan fingerprint density at radius 2 is 1.81 bits per heavy atom. The van der Waals surface area contributed by atoms with Gasteiger partial charge in [0.2, 0.25) is 11.1 Å². The van der Waals surface area contributed by atoms with Gasteiger partial charge in [-0.1, -0.05) is 42.1 Å². The molecule has 8 nitrogen and oxygen atoms in total. The van der Waals surface area contributed by atoms with Crippen molar-refractivity contribution in [2.24, 2.45) is 0 Å². The molecular weight excluding hydrogens is 426 g/mol. The summed E-state index contributed by atoms with van der Waals surface area (Å²) in [7, 11) is 3.19. The van der Waals surface area contributed by atoms with Crippen LogP contribution in [0.4, 0.5) is 0 Å². The van der Waals surface area contributed by atoms with Crippen molar-refractivity contribution in [1.82, 2.24) is 25.1 Å². The van der Waals surface area contributed by atoms with E-state index in [1.54, 1.807) is 18.7 Å². The number of nitrogens with zero attached hydrogens (tertiary/aromatic N) is 4. The van der Waals surface area contributed by atoms with E-state index in [4.69, 9.17) is 9.47 Å². The summed E-state index contributed by atoms with van der Waals surface area (Å²) in [6.45, 7) is 0.589. The Balaban J connectivity index is 1.42. The molecule has 0 aliphatic carbocycles. The van der Waals surface area contributed by atoms with Gasteiger partial charge in [0, 0.05) is 12.1 Å². The van der Waals surface area contributed by atoms with Gasteiger partial charge in [-0.25, -0.2) is 0 Å². The average Bonchev–Trinajstić information content (AvgIpc) is 3.25. The maximum Gasteiger partial charge on any atom is 0.230 e. The van der Waals surface area contributed by atoms with E-state index >= 15 is 0 Å². The third-order valence-electron chi connectivity index (χ3n) is 4.82. The lowest BCUT2D eigenvalue weighted by atomic mass is 10.1. The number of amides is 1. The van der Waals surface area contributed by atoms with Gasteiger partial charge >= 0.3 is 0 Å². The SMILES string of the molecule is COc1ccc(-c2ccc3nnc(SCC(=O)NCCc4ccccc4)n3n2)cc1OC. The minimum absolute atomic E-state index is 0.0567. The lowest BCUT2D eigenvalue weighted by Gasteiger charge is -2.09. The molecule has 2 aromatic carbocycles. The van der Waals surface area contributed by atoms with Gasteiger partial charge < -0.3 is 14.8 Å². The summed E-state index contributed by atoms with van der Waals surface area (Å²) in [6.07, 6.45) is 0.793. The Kier molecular flexibility index (Phi) is 6.86. The molecule has 0 atom stereocenters. The molecule has 1 amide bonds. The minimum atomic E-state index is -0.0567. The zero-order chi connectivity index (χ0) is 22.3. The van der Waals surface area contributed by atoms with Gasteiger partial charge in [-0.2, -0.15) is 9.61 Å². The van der Waals surface area contributed by atoms with Crippen LogP contribution in [0, 0.1) is 0 Å². The van der Waals surface area contributed by atoms with Gasteiger partial charge in [-0.05, 0) is 42.3 Å². The van der Waals surface area contributed by atoms with Gasteiger partial charge in [-0.15, -0.1) is 10.2 Å². The molecule has 4 rings (SSSR count). The number of hydrogen-bond acceptors (Lipinski definition) is 7. The van der Waals surface area contributed by atoms with Crippen molar-refractivity contribution in [3.05, 3.63) is 66.2 Å². The summed E-state index contributed by atoms with van der Waals surface area (Å²) in [5.74, 6) is 1.45. The Hall–Kier alpha value is -3.59. The van der Waals surface area contributed by atoms with Gasteiger partial charge in [-0.3, -0.25) is 4.79 Å². The van der Waals surface area contributed by atoms with Crippen LogP contribution in [-0.2, 0) is 11.2 Å². The first-order valence-corrected chi connectivity index (χ1v) is 11.0. The Morgan fingerprint density at radius 3 is 2.59 bits per heavy atom. The maximum atomic E-state index is 12.2. The molecule has 4 aromatic rings. The minimum Gasteiger partial charge on any atom is -0.493 e. The highest BCUT2D eigenvalue weighted by atomic mass is 32.2. The molecule has 32 heavy (non-hydrogen) atoms. The van der Waals surface area contributed by atoms with E-state index in [1.807, 2.05) is 60.7 Å². The summed E-state index contributed by atoms with van der Waals surface area (Å²) < 4.78 is 12.3. The number of carbonyl (C=O) groups excluding carboxylic acids is 1. The third-order valence-corrected chi connectivity index (χ3v) is 5.74. The van der Waals surface area contributed by atoms with Crippen molar-refractivity contribution in [1.29, 1.82) is 0 Å². The van der Waals surface area contributed by atoms with E-state index in [9.17, 15) is 4.79 Å². The molecule has 0 aliphatic rings. The standard InChI is InChI=1S/C23H23N5O3S/c1-30-19-10-8-17(14-20(19)31-2)18-9-11-21-25-26-23(28(21)27-18)32-15-22(29)24-13-12-16-6-4-3-5-7-16/h3-11,14H,12-13,15H2,1-2H3,(H,24,29). The predicted octanol–water partition coefficient (Wildman–Crippen LogP) is 3.26. The van der Waals surface area contributed by atoms with Crippen LogP contribution < -0.4 is 14.8 Å². The Morgan fingerprint density at radius 1 is 1.00 bits per heavy atom. The van der Waals surface area contributed by atoms with Gasteiger partial charge in [0.15, 0.2) is 17.1 Å². The molecule has 164 valence electrons. The van der Waals surface area contributed by atoms with Crippen LogP contribution in [0.3, 0.4) is 0 Å². The number of aromatic nitrogens is 4. The molecule has 0 saturated carbocycles. The largest absolute Gasteiger partial charge is 0.493 e. The number of ether oxygens (including phenoxy) is 2. The van der Waals surface area contributed by atoms with Crippen molar-refractivity contribution in [2.75, 3.05) is 26.5 Å². The number of hydrogen-bond donors (Lipinski definition) is 1. The van der Waals surface area contributed by atoms with Gasteiger partial charge in [0.1, 0.15) is 0 Å². The molecule has 0 aliphatic heterocycles. The fourth-order valence-corrected chi connectivity index (χ4v) is 3.90. The summed E-state index contributed by atoms with van der Waals surface area (Å²) >= 11 is 1.30. The van der Waals surface area contributed by atoms with Crippen LogP contribution in [0.25, 0.3) is 16.9 Å². The van der Waals surface area contributed by atoms with Crippen LogP contribution >= 0.6 is 11.8 Å². The topological polar surface area (TPSA) is 90.6 Å². The summed E-state index contributed by atoms with van der Waals surface area (Å²) in [6, 6.07) is 19.4. The van der Waals surface area contributed by atoms with E-state index in [-0.39, 0.29) is 11.7 Å². The summed E-state index contributed by atoms with van der Waals surface area (Å²) in [4.78, 5) is 12.2. The third kappa shape index (κ3) is 5.00. The maximum absolute atomic E-state index is 12.2. The second-order valence-electron chi connectivity index (χ2n) is 6.92. The number of rotatable bonds is 9. The van der Waals surface area contributed by atoms with Crippen LogP contribution in [-0.4, -0.2) is 52.2 Å². The van der Waals surface area contributed by atoms with E-state index in [0.29, 0.717) is 28.8 Å². The number of carbonyl (C=O) groups is 1. The molecule has 2 heterocycles. The first kappa shape index (κ1) is 21.6. The fraction of sp³-hybridized carbons (Fsp3) is 0.217. The number of fused-ring (bicyclic) bond motifs is 1. The van der Waals surface area contributed by atoms with Gasteiger partial charge in [0.25, 0.3) is 0 Å². The molecule has 0 saturated heterocycles. The van der Waals surface area contributed by atoms with E-state index in [2.05, 4.69) is 20.6 Å². The molecule has 0 bridgehead atoms. The average molecular weight is 450 g/mol.